The highest BCUT2D eigenvalue weighted by Gasteiger charge is 2.41. The molecule has 1 saturated heterocycles. The van der Waals surface area contributed by atoms with Crippen LogP contribution in [0, 0.1) is 0 Å². The second-order valence-corrected chi connectivity index (χ2v) is 9.21. The molecule has 170 valence electrons. The Labute approximate surface area is 180 Å². The normalized spacial score (nSPS) is 24.9. The van der Waals surface area contributed by atoms with Gasteiger partial charge in [-0.3, -0.25) is 4.90 Å². The van der Waals surface area contributed by atoms with E-state index in [4.69, 9.17) is 25.8 Å². The number of nitrogens with zero attached hydrogens (tertiary/aromatic N) is 1. The van der Waals surface area contributed by atoms with Crippen molar-refractivity contribution in [2.45, 2.75) is 70.1 Å². The molecular weight excluding hydrogens is 423 g/mol. The van der Waals surface area contributed by atoms with Crippen molar-refractivity contribution in [1.29, 1.82) is 0 Å². The number of piperidine rings is 1. The van der Waals surface area contributed by atoms with Crippen LogP contribution in [0.2, 0.25) is 5.02 Å². The van der Waals surface area contributed by atoms with Crippen LogP contribution in [0.5, 0.6) is 11.5 Å². The second kappa shape index (κ2) is 8.73. The first-order valence-electron chi connectivity index (χ1n) is 10.1. The number of ether oxygens (including phenoxy) is 3. The minimum atomic E-state index is -4.31. The van der Waals surface area contributed by atoms with Gasteiger partial charge >= 0.3 is 6.18 Å². The van der Waals surface area contributed by atoms with Crippen LogP contribution in [0.15, 0.2) is 6.07 Å². The number of halogens is 4. The summed E-state index contributed by atoms with van der Waals surface area (Å²) >= 11 is 6.55. The van der Waals surface area contributed by atoms with Gasteiger partial charge in [0.2, 0.25) is 0 Å². The molecular formula is C21H29ClF3NO4. The Balaban J connectivity index is 1.84. The lowest BCUT2D eigenvalue weighted by Crippen LogP contribution is -2.53. The summed E-state index contributed by atoms with van der Waals surface area (Å²) in [5, 5.41) is 11.0. The molecule has 2 aliphatic rings. The van der Waals surface area contributed by atoms with Crippen LogP contribution >= 0.6 is 11.6 Å². The molecule has 0 bridgehead atoms. The van der Waals surface area contributed by atoms with Crippen LogP contribution < -0.4 is 9.47 Å². The van der Waals surface area contributed by atoms with Gasteiger partial charge in [0.15, 0.2) is 11.5 Å². The van der Waals surface area contributed by atoms with Gasteiger partial charge in [0, 0.05) is 19.1 Å². The Kier molecular flexibility index (Phi) is 6.82. The molecule has 5 nitrogen and oxygen atoms in total. The van der Waals surface area contributed by atoms with Crippen molar-refractivity contribution in [3.05, 3.63) is 22.2 Å². The first-order chi connectivity index (χ1) is 13.9. The first kappa shape index (κ1) is 23.4. The fourth-order valence-electron chi connectivity index (χ4n) is 4.18. The maximum Gasteiger partial charge on any atom is 0.392 e. The van der Waals surface area contributed by atoms with Crippen LogP contribution in [0.1, 0.15) is 50.8 Å². The molecule has 0 amide bonds. The minimum Gasteiger partial charge on any atom is -0.493 e. The van der Waals surface area contributed by atoms with E-state index in [0.717, 1.165) is 11.1 Å². The quantitative estimate of drug-likeness (QED) is 0.713. The molecule has 0 aromatic heterocycles. The number of hydrogen-bond donors (Lipinski definition) is 1. The predicted molar refractivity (Wildman–Crippen MR) is 107 cm³/mol. The zero-order valence-electron chi connectivity index (χ0n) is 17.7. The molecule has 3 atom stereocenters. The van der Waals surface area contributed by atoms with E-state index in [0.29, 0.717) is 31.7 Å². The smallest absolute Gasteiger partial charge is 0.392 e. The summed E-state index contributed by atoms with van der Waals surface area (Å²) in [6.07, 6.45) is -5.20. The van der Waals surface area contributed by atoms with Crippen molar-refractivity contribution in [1.82, 2.24) is 4.90 Å². The van der Waals surface area contributed by atoms with E-state index in [9.17, 15) is 18.3 Å². The molecule has 3 rings (SSSR count). The Hall–Kier alpha value is -1.22. The van der Waals surface area contributed by atoms with E-state index in [2.05, 4.69) is 4.90 Å². The summed E-state index contributed by atoms with van der Waals surface area (Å²) in [5.41, 5.74) is 1.39. The highest BCUT2D eigenvalue weighted by atomic mass is 35.5. The molecule has 0 aliphatic carbocycles. The van der Waals surface area contributed by atoms with Crippen molar-refractivity contribution in [2.24, 2.45) is 0 Å². The maximum atomic E-state index is 12.5. The lowest BCUT2D eigenvalue weighted by Gasteiger charge is -2.47. The highest BCUT2D eigenvalue weighted by molar-refractivity contribution is 6.33. The molecule has 30 heavy (non-hydrogen) atoms. The van der Waals surface area contributed by atoms with Gasteiger partial charge < -0.3 is 19.3 Å². The summed E-state index contributed by atoms with van der Waals surface area (Å²) in [4.78, 5) is 2.26. The number of fused-ring (bicyclic) bond motifs is 3. The van der Waals surface area contributed by atoms with E-state index < -0.39 is 25.3 Å². The number of aliphatic hydroxyl groups is 1. The molecule has 1 aromatic rings. The number of rotatable bonds is 5. The Morgan fingerprint density at radius 1 is 1.27 bits per heavy atom. The number of hydrogen-bond acceptors (Lipinski definition) is 5. The zero-order chi connectivity index (χ0) is 22.3. The number of aliphatic hydroxyl groups excluding tert-OH is 1. The fourth-order valence-corrected chi connectivity index (χ4v) is 4.53. The Morgan fingerprint density at radius 3 is 2.57 bits per heavy atom. The standard InChI is InChI=1S/C21H29ClF3NO4/c1-20(2,3)30-17-11-26-7-5-12-13(14(26)10-15(17)27)9-16(28-4)19(18(12)22)29-8-6-21(23,24)25/h9,14-15,17,27H,5-8,10-11H2,1-4H3/t14-,15-,17-/m1/s1. The predicted octanol–water partition coefficient (Wildman–Crippen LogP) is 4.53. The summed E-state index contributed by atoms with van der Waals surface area (Å²) < 4.78 is 54.2. The third kappa shape index (κ3) is 5.33. The number of alkyl halides is 3. The van der Waals surface area contributed by atoms with Crippen LogP contribution in [-0.2, 0) is 11.2 Å². The van der Waals surface area contributed by atoms with E-state index in [1.54, 1.807) is 6.07 Å². The molecule has 1 fully saturated rings. The van der Waals surface area contributed by atoms with Gasteiger partial charge in [-0.2, -0.15) is 13.2 Å². The van der Waals surface area contributed by atoms with Crippen molar-refractivity contribution in [3.63, 3.8) is 0 Å². The fraction of sp³-hybridized carbons (Fsp3) is 0.714. The van der Waals surface area contributed by atoms with E-state index >= 15 is 0 Å². The Bertz CT molecular complexity index is 766. The molecule has 0 saturated carbocycles. The van der Waals surface area contributed by atoms with E-state index in [-0.39, 0.29) is 28.5 Å². The van der Waals surface area contributed by atoms with Gasteiger partial charge in [-0.25, -0.2) is 0 Å². The number of benzene rings is 1. The largest absolute Gasteiger partial charge is 0.493 e. The van der Waals surface area contributed by atoms with Crippen LogP contribution in [0.25, 0.3) is 0 Å². The van der Waals surface area contributed by atoms with Crippen LogP contribution in [-0.4, -0.2) is 60.8 Å². The SMILES string of the molecule is COc1cc2c(c(Cl)c1OCCC(F)(F)F)CCN1C[C@@H](OC(C)(C)C)[C@H](O)C[C@H]21. The highest BCUT2D eigenvalue weighted by Crippen LogP contribution is 2.47. The van der Waals surface area contributed by atoms with Gasteiger partial charge in [0.1, 0.15) is 0 Å². The molecule has 0 spiro atoms. The zero-order valence-corrected chi connectivity index (χ0v) is 18.4. The van der Waals surface area contributed by atoms with E-state index in [1.165, 1.54) is 7.11 Å². The summed E-state index contributed by atoms with van der Waals surface area (Å²) in [5.74, 6) is 0.436. The average Bonchev–Trinajstić information content (AvgIpc) is 2.61. The molecule has 0 radical (unpaired) electrons. The van der Waals surface area contributed by atoms with Crippen molar-refractivity contribution >= 4 is 11.6 Å². The molecule has 9 heteroatoms. The van der Waals surface area contributed by atoms with Crippen molar-refractivity contribution in [2.75, 3.05) is 26.8 Å². The molecule has 0 unspecified atom stereocenters. The van der Waals surface area contributed by atoms with Gasteiger partial charge in [0.05, 0.1) is 43.0 Å². The average molecular weight is 452 g/mol. The maximum absolute atomic E-state index is 12.5. The van der Waals surface area contributed by atoms with Crippen molar-refractivity contribution in [3.8, 4) is 11.5 Å². The lowest BCUT2D eigenvalue weighted by molar-refractivity contribution is -0.149. The van der Waals surface area contributed by atoms with Gasteiger partial charge in [-0.1, -0.05) is 11.6 Å². The molecule has 2 heterocycles. The summed E-state index contributed by atoms with van der Waals surface area (Å²) in [6.45, 7) is 6.65. The molecule has 2 aliphatic heterocycles. The second-order valence-electron chi connectivity index (χ2n) is 8.84. The summed E-state index contributed by atoms with van der Waals surface area (Å²) in [7, 11) is 1.43. The monoisotopic (exact) mass is 451 g/mol. The third-order valence-electron chi connectivity index (χ3n) is 5.44. The van der Waals surface area contributed by atoms with Crippen LogP contribution in [0.4, 0.5) is 13.2 Å². The summed E-state index contributed by atoms with van der Waals surface area (Å²) in [6, 6.07) is 1.71. The Morgan fingerprint density at radius 2 is 1.97 bits per heavy atom. The molecule has 1 aromatic carbocycles. The van der Waals surface area contributed by atoms with Crippen LogP contribution in [0.3, 0.4) is 0 Å². The number of methoxy groups -OCH3 is 1. The lowest BCUT2D eigenvalue weighted by atomic mass is 9.84. The third-order valence-corrected chi connectivity index (χ3v) is 5.84. The minimum absolute atomic E-state index is 0.0702. The van der Waals surface area contributed by atoms with Crippen molar-refractivity contribution < 1.29 is 32.5 Å². The van der Waals surface area contributed by atoms with Gasteiger partial charge in [-0.15, -0.1) is 0 Å². The van der Waals surface area contributed by atoms with Gasteiger partial charge in [-0.05, 0) is 50.8 Å². The van der Waals surface area contributed by atoms with Gasteiger partial charge in [0.25, 0.3) is 0 Å². The topological polar surface area (TPSA) is 51.2 Å². The molecule has 1 N–H and O–H groups in total. The first-order valence-corrected chi connectivity index (χ1v) is 10.5. The van der Waals surface area contributed by atoms with E-state index in [1.807, 2.05) is 20.8 Å².